The number of hydrogen-bond acceptors (Lipinski definition) is 6. The van der Waals surface area contributed by atoms with Gasteiger partial charge in [-0.25, -0.2) is 19.3 Å². The molecule has 1 amide bonds. The highest BCUT2D eigenvalue weighted by Crippen LogP contribution is 2.31. The number of ether oxygens (including phenoxy) is 1. The van der Waals surface area contributed by atoms with Gasteiger partial charge in [-0.1, -0.05) is 24.3 Å². The minimum absolute atomic E-state index is 0.252. The molecule has 2 N–H and O–H groups in total. The molecule has 0 saturated carbocycles. The van der Waals surface area contributed by atoms with Crippen LogP contribution in [0.15, 0.2) is 64.5 Å². The van der Waals surface area contributed by atoms with Crippen LogP contribution in [0.2, 0.25) is 0 Å². The van der Waals surface area contributed by atoms with E-state index in [-0.39, 0.29) is 5.56 Å². The van der Waals surface area contributed by atoms with E-state index < -0.39 is 11.9 Å². The van der Waals surface area contributed by atoms with E-state index in [1.165, 1.54) is 13.2 Å². The molecule has 0 aliphatic carbocycles. The molecule has 2 aromatic carbocycles. The Hall–Kier alpha value is -4.40. The van der Waals surface area contributed by atoms with Crippen LogP contribution < -0.4 is 10.9 Å². The Kier molecular flexibility index (Phi) is 5.14. The summed E-state index contributed by atoms with van der Waals surface area (Å²) in [5.41, 5.74) is 3.44. The van der Waals surface area contributed by atoms with Crippen molar-refractivity contribution >= 4 is 28.4 Å². The van der Waals surface area contributed by atoms with E-state index in [4.69, 9.17) is 0 Å². The number of rotatable bonds is 3. The van der Waals surface area contributed by atoms with Gasteiger partial charge in [0.1, 0.15) is 11.7 Å². The van der Waals surface area contributed by atoms with Crippen LogP contribution in [-0.2, 0) is 17.6 Å². The number of carbonyl (C=O) groups excluding carboxylic acids is 1. The maximum atomic E-state index is 14.7. The van der Waals surface area contributed by atoms with Crippen LogP contribution >= 0.6 is 0 Å². The number of fused-ring (bicyclic) bond motifs is 2. The molecule has 5 rings (SSSR count). The van der Waals surface area contributed by atoms with Gasteiger partial charge in [-0.15, -0.1) is 0 Å². The minimum atomic E-state index is -0.600. The minimum Gasteiger partial charge on any atom is -0.453 e. The highest BCUT2D eigenvalue weighted by atomic mass is 19.1. The second-order valence-electron chi connectivity index (χ2n) is 7.59. The third-order valence-electron chi connectivity index (χ3n) is 5.46. The third kappa shape index (κ3) is 3.96. The number of benzene rings is 2. The number of aromatic amines is 1. The van der Waals surface area contributed by atoms with E-state index in [2.05, 4.69) is 30.2 Å². The summed E-state index contributed by atoms with van der Waals surface area (Å²) >= 11 is 0. The zero-order chi connectivity index (χ0) is 22.9. The Balaban J connectivity index is 1.48. The van der Waals surface area contributed by atoms with Crippen molar-refractivity contribution in [1.29, 1.82) is 0 Å². The lowest BCUT2D eigenvalue weighted by molar-refractivity contribution is 0.176. The molecule has 2 aromatic heterocycles. The van der Waals surface area contributed by atoms with Crippen molar-refractivity contribution in [3.8, 4) is 11.3 Å². The lowest BCUT2D eigenvalue weighted by Gasteiger charge is -2.09. The zero-order valence-electron chi connectivity index (χ0n) is 17.6. The molecule has 33 heavy (non-hydrogen) atoms. The van der Waals surface area contributed by atoms with Crippen LogP contribution in [0, 0.1) is 5.82 Å². The predicted molar refractivity (Wildman–Crippen MR) is 121 cm³/mol. The summed E-state index contributed by atoms with van der Waals surface area (Å²) in [5.74, 6) is 0.0291. The summed E-state index contributed by atoms with van der Waals surface area (Å²) in [6, 6.07) is 13.7. The Bertz CT molecular complexity index is 1500. The van der Waals surface area contributed by atoms with Crippen molar-refractivity contribution in [3.05, 3.63) is 87.7 Å². The Morgan fingerprint density at radius 3 is 2.82 bits per heavy atom. The topological polar surface area (TPSA) is 109 Å². The van der Waals surface area contributed by atoms with E-state index in [1.807, 2.05) is 12.1 Å². The maximum Gasteiger partial charge on any atom is 0.412 e. The maximum absolute atomic E-state index is 14.7. The van der Waals surface area contributed by atoms with Crippen LogP contribution in [0.25, 0.3) is 22.0 Å². The third-order valence-corrected chi connectivity index (χ3v) is 5.46. The molecule has 0 bridgehead atoms. The molecule has 3 heterocycles. The summed E-state index contributed by atoms with van der Waals surface area (Å²) in [6.07, 6.45) is 1.84. The van der Waals surface area contributed by atoms with Crippen LogP contribution in [0.5, 0.6) is 0 Å². The number of alkyl carbamates (subject to hydrolysis) is 1. The number of aromatic nitrogens is 3. The molecule has 0 atom stereocenters. The number of aliphatic imine (C=N–C) groups is 1. The number of halogens is 1. The second-order valence-corrected chi connectivity index (χ2v) is 7.59. The fourth-order valence-corrected chi connectivity index (χ4v) is 3.85. The summed E-state index contributed by atoms with van der Waals surface area (Å²) in [4.78, 5) is 32.3. The average molecular weight is 443 g/mol. The van der Waals surface area contributed by atoms with Crippen molar-refractivity contribution < 1.29 is 13.9 Å². The predicted octanol–water partition coefficient (Wildman–Crippen LogP) is 3.66. The van der Waals surface area contributed by atoms with Gasteiger partial charge in [0.2, 0.25) is 0 Å². The van der Waals surface area contributed by atoms with E-state index in [0.717, 1.165) is 16.5 Å². The average Bonchev–Trinajstić information content (AvgIpc) is 3.23. The number of H-pyrrole nitrogens is 1. The fraction of sp³-hybridized carbons (Fsp3) is 0.125. The number of amidine groups is 1. The molecule has 4 aromatic rings. The molecular weight excluding hydrogens is 425 g/mol. The van der Waals surface area contributed by atoms with Crippen molar-refractivity contribution in [2.75, 3.05) is 7.11 Å². The summed E-state index contributed by atoms with van der Waals surface area (Å²) in [7, 11) is 1.28. The van der Waals surface area contributed by atoms with Crippen molar-refractivity contribution in [1.82, 2.24) is 20.5 Å². The quantitative estimate of drug-likeness (QED) is 0.502. The molecule has 0 radical (unpaired) electrons. The van der Waals surface area contributed by atoms with Crippen molar-refractivity contribution in [3.63, 3.8) is 0 Å². The van der Waals surface area contributed by atoms with Crippen LogP contribution in [-0.4, -0.2) is 34.2 Å². The summed E-state index contributed by atoms with van der Waals surface area (Å²) < 4.78 is 19.3. The van der Waals surface area contributed by atoms with Gasteiger partial charge in [0.25, 0.3) is 5.56 Å². The molecule has 1 aliphatic rings. The normalized spacial score (nSPS) is 12.4. The molecule has 0 saturated heterocycles. The van der Waals surface area contributed by atoms with E-state index in [1.54, 1.807) is 36.5 Å². The van der Waals surface area contributed by atoms with Crippen LogP contribution in [0.4, 0.5) is 14.9 Å². The van der Waals surface area contributed by atoms with Gasteiger partial charge in [0, 0.05) is 35.6 Å². The van der Waals surface area contributed by atoms with Gasteiger partial charge in [-0.2, -0.15) is 5.10 Å². The standard InChI is InChI=1S/C24H18FN5O3/c1-33-24(32)28-22-10-14-12-26-20(11-19(14)27-22)17-8-13(6-7-18(17)25)9-21-15-4-2-3-5-16(15)23(31)30-29-21/h2-8,11-12H,9-10H2,1H3,(H,30,31)(H,27,28,32). The monoisotopic (exact) mass is 443 g/mol. The number of nitrogens with one attached hydrogen (secondary N) is 2. The molecule has 0 spiro atoms. The smallest absolute Gasteiger partial charge is 0.412 e. The van der Waals surface area contributed by atoms with Gasteiger partial charge < -0.3 is 4.74 Å². The first-order chi connectivity index (χ1) is 16.0. The molecule has 8 nitrogen and oxygen atoms in total. The Labute approximate surface area is 187 Å². The van der Waals surface area contributed by atoms with Gasteiger partial charge in [0.15, 0.2) is 0 Å². The molecule has 0 fully saturated rings. The Morgan fingerprint density at radius 1 is 1.18 bits per heavy atom. The van der Waals surface area contributed by atoms with Gasteiger partial charge in [-0.3, -0.25) is 15.1 Å². The van der Waals surface area contributed by atoms with Crippen molar-refractivity contribution in [2.45, 2.75) is 12.8 Å². The largest absolute Gasteiger partial charge is 0.453 e. The fourth-order valence-electron chi connectivity index (χ4n) is 3.85. The number of hydrogen-bond donors (Lipinski definition) is 2. The molecular formula is C24H18FN5O3. The van der Waals surface area contributed by atoms with Crippen LogP contribution in [0.1, 0.15) is 16.8 Å². The van der Waals surface area contributed by atoms with Crippen LogP contribution in [0.3, 0.4) is 0 Å². The first-order valence-corrected chi connectivity index (χ1v) is 10.2. The number of nitrogens with zero attached hydrogens (tertiary/aromatic N) is 3. The highest BCUT2D eigenvalue weighted by molar-refractivity contribution is 6.01. The molecule has 1 aliphatic heterocycles. The van der Waals surface area contributed by atoms with E-state index in [0.29, 0.717) is 46.7 Å². The number of pyridine rings is 1. The highest BCUT2D eigenvalue weighted by Gasteiger charge is 2.19. The molecule has 164 valence electrons. The van der Waals surface area contributed by atoms with Gasteiger partial charge in [0.05, 0.1) is 29.6 Å². The SMILES string of the molecule is COC(=O)NC1=Nc2cc(-c3cc(Cc4n[nH]c(=O)c5ccccc45)ccc3F)ncc2C1. The zero-order valence-corrected chi connectivity index (χ0v) is 17.6. The number of methoxy groups -OCH3 is 1. The first-order valence-electron chi connectivity index (χ1n) is 10.2. The van der Waals surface area contributed by atoms with Gasteiger partial charge >= 0.3 is 6.09 Å². The van der Waals surface area contributed by atoms with E-state index >= 15 is 0 Å². The number of amides is 1. The second kappa shape index (κ2) is 8.27. The molecule has 0 unspecified atom stereocenters. The van der Waals surface area contributed by atoms with E-state index in [9.17, 15) is 14.0 Å². The summed E-state index contributed by atoms with van der Waals surface area (Å²) in [6.45, 7) is 0. The lowest BCUT2D eigenvalue weighted by Crippen LogP contribution is -2.30. The first kappa shape index (κ1) is 20.5. The lowest BCUT2D eigenvalue weighted by atomic mass is 10.0. The summed E-state index contributed by atoms with van der Waals surface area (Å²) in [5, 5.41) is 10.6. The van der Waals surface area contributed by atoms with Crippen molar-refractivity contribution in [2.24, 2.45) is 4.99 Å². The Morgan fingerprint density at radius 2 is 2.00 bits per heavy atom. The molecule has 9 heteroatoms. The number of carbonyl (C=O) groups is 1. The van der Waals surface area contributed by atoms with Gasteiger partial charge in [-0.05, 0) is 29.8 Å².